The normalized spacial score (nSPS) is 10.7. The minimum Gasteiger partial charge on any atom is -0.478 e. The number of carbonyl (C=O) groups is 2. The predicted octanol–water partition coefficient (Wildman–Crippen LogP) is 3.53. The van der Waals surface area contributed by atoms with E-state index in [2.05, 4.69) is 4.98 Å². The molecule has 0 unspecified atom stereocenters. The summed E-state index contributed by atoms with van der Waals surface area (Å²) in [6.45, 7) is 1.84. The van der Waals surface area contributed by atoms with Crippen LogP contribution in [-0.4, -0.2) is 21.8 Å². The Bertz CT molecular complexity index is 853. The first-order valence-corrected chi connectivity index (χ1v) is 7.11. The molecule has 0 radical (unpaired) electrons. The first-order valence-electron chi connectivity index (χ1n) is 6.29. The number of carbonyl (C=O) groups excluding carboxylic acids is 1. The van der Waals surface area contributed by atoms with Crippen LogP contribution in [-0.2, 0) is 0 Å². The number of rotatable bonds is 3. The Labute approximate surface area is 124 Å². The summed E-state index contributed by atoms with van der Waals surface area (Å²) < 4.78 is 0.907. The summed E-state index contributed by atoms with van der Waals surface area (Å²) in [5.74, 6) is -1.05. The number of hydrogen-bond acceptors (Lipinski definition) is 4. The fraction of sp³-hybridized carbons (Fsp3) is 0.0625. The molecule has 2 aromatic heterocycles. The van der Waals surface area contributed by atoms with Gasteiger partial charge in [-0.25, -0.2) is 4.79 Å². The lowest BCUT2D eigenvalue weighted by molar-refractivity contribution is 0.0697. The second-order valence-electron chi connectivity index (χ2n) is 4.64. The van der Waals surface area contributed by atoms with Gasteiger partial charge in [-0.15, -0.1) is 11.3 Å². The lowest BCUT2D eigenvalue weighted by atomic mass is 10.1. The van der Waals surface area contributed by atoms with Crippen LogP contribution in [0, 0.1) is 6.92 Å². The largest absolute Gasteiger partial charge is 0.478 e. The van der Waals surface area contributed by atoms with Crippen molar-refractivity contribution in [3.63, 3.8) is 0 Å². The molecule has 0 bridgehead atoms. The number of ketones is 1. The van der Waals surface area contributed by atoms with Gasteiger partial charge in [-0.2, -0.15) is 0 Å². The maximum Gasteiger partial charge on any atom is 0.335 e. The minimum atomic E-state index is -0.970. The number of fused-ring (bicyclic) bond motifs is 1. The van der Waals surface area contributed by atoms with Gasteiger partial charge in [-0.3, -0.25) is 9.78 Å². The van der Waals surface area contributed by atoms with Crippen LogP contribution in [0.25, 0.3) is 10.1 Å². The van der Waals surface area contributed by atoms with E-state index in [-0.39, 0.29) is 11.3 Å². The van der Waals surface area contributed by atoms with Crippen LogP contribution in [0.15, 0.2) is 42.7 Å². The van der Waals surface area contributed by atoms with E-state index in [0.717, 1.165) is 15.6 Å². The molecule has 0 spiro atoms. The monoisotopic (exact) mass is 297 g/mol. The molecule has 0 aliphatic rings. The Morgan fingerprint density at radius 3 is 2.67 bits per heavy atom. The quantitative estimate of drug-likeness (QED) is 0.751. The average molecular weight is 297 g/mol. The standard InChI is InChI=1S/C16H11NO3S/c1-9-12-7-10(16(19)20)4-5-13(12)21-15(9)14(18)11-3-2-6-17-8-11/h2-8H,1H3,(H,19,20). The number of nitrogens with zero attached hydrogens (tertiary/aromatic N) is 1. The van der Waals surface area contributed by atoms with Crippen molar-refractivity contribution < 1.29 is 14.7 Å². The highest BCUT2D eigenvalue weighted by molar-refractivity contribution is 7.21. The van der Waals surface area contributed by atoms with Crippen molar-refractivity contribution in [1.82, 2.24) is 4.98 Å². The summed E-state index contributed by atoms with van der Waals surface area (Å²) in [7, 11) is 0. The summed E-state index contributed by atoms with van der Waals surface area (Å²) in [6.07, 6.45) is 3.16. The fourth-order valence-corrected chi connectivity index (χ4v) is 3.35. The number of benzene rings is 1. The second kappa shape index (κ2) is 5.10. The molecule has 1 aromatic carbocycles. The van der Waals surface area contributed by atoms with Crippen molar-refractivity contribution >= 4 is 33.2 Å². The van der Waals surface area contributed by atoms with Gasteiger partial charge in [-0.05, 0) is 48.2 Å². The van der Waals surface area contributed by atoms with Gasteiger partial charge in [0.25, 0.3) is 0 Å². The summed E-state index contributed by atoms with van der Waals surface area (Å²) in [5.41, 5.74) is 1.57. The number of aromatic nitrogens is 1. The molecular formula is C16H11NO3S. The second-order valence-corrected chi connectivity index (χ2v) is 5.70. The zero-order valence-corrected chi connectivity index (χ0v) is 12.0. The van der Waals surface area contributed by atoms with Crippen LogP contribution in [0.1, 0.15) is 31.2 Å². The van der Waals surface area contributed by atoms with E-state index in [4.69, 9.17) is 5.11 Å². The van der Waals surface area contributed by atoms with E-state index in [1.54, 1.807) is 36.5 Å². The molecule has 3 rings (SSSR count). The van der Waals surface area contributed by atoms with Gasteiger partial charge in [0.05, 0.1) is 10.4 Å². The minimum absolute atomic E-state index is 0.0846. The van der Waals surface area contributed by atoms with E-state index in [1.165, 1.54) is 17.5 Å². The first kappa shape index (κ1) is 13.5. The highest BCUT2D eigenvalue weighted by Gasteiger charge is 2.18. The molecule has 0 fully saturated rings. The Hall–Kier alpha value is -2.53. The van der Waals surface area contributed by atoms with Crippen molar-refractivity contribution in [2.45, 2.75) is 6.92 Å². The third kappa shape index (κ3) is 2.32. The van der Waals surface area contributed by atoms with Gasteiger partial charge in [-0.1, -0.05) is 0 Å². The van der Waals surface area contributed by atoms with Crippen molar-refractivity contribution in [1.29, 1.82) is 0 Å². The van der Waals surface area contributed by atoms with E-state index in [1.807, 2.05) is 6.92 Å². The number of pyridine rings is 1. The molecule has 1 N–H and O–H groups in total. The van der Waals surface area contributed by atoms with Crippen LogP contribution < -0.4 is 0 Å². The summed E-state index contributed by atoms with van der Waals surface area (Å²) in [5, 5.41) is 9.87. The Morgan fingerprint density at radius 1 is 1.19 bits per heavy atom. The molecule has 0 amide bonds. The molecule has 0 aliphatic carbocycles. The smallest absolute Gasteiger partial charge is 0.335 e. The van der Waals surface area contributed by atoms with Crippen LogP contribution in [0.3, 0.4) is 0 Å². The molecule has 3 aromatic rings. The summed E-state index contributed by atoms with van der Waals surface area (Å²) in [6, 6.07) is 8.36. The van der Waals surface area contributed by atoms with Gasteiger partial charge in [0.15, 0.2) is 0 Å². The molecule has 2 heterocycles. The highest BCUT2D eigenvalue weighted by atomic mass is 32.1. The highest BCUT2D eigenvalue weighted by Crippen LogP contribution is 2.33. The third-order valence-corrected chi connectivity index (χ3v) is 4.58. The van der Waals surface area contributed by atoms with Crippen molar-refractivity contribution in [2.24, 2.45) is 0 Å². The molecule has 0 aliphatic heterocycles. The number of hydrogen-bond donors (Lipinski definition) is 1. The van der Waals surface area contributed by atoms with Gasteiger partial charge in [0.2, 0.25) is 5.78 Å². The summed E-state index contributed by atoms with van der Waals surface area (Å²) >= 11 is 1.38. The molecular weight excluding hydrogens is 286 g/mol. The molecule has 0 saturated carbocycles. The van der Waals surface area contributed by atoms with Crippen molar-refractivity contribution in [3.8, 4) is 0 Å². The fourth-order valence-electron chi connectivity index (χ4n) is 2.20. The van der Waals surface area contributed by atoms with Crippen LogP contribution in [0.4, 0.5) is 0 Å². The number of thiophene rings is 1. The lowest BCUT2D eigenvalue weighted by Crippen LogP contribution is -2.00. The maximum absolute atomic E-state index is 12.5. The van der Waals surface area contributed by atoms with Gasteiger partial charge in [0, 0.05) is 22.7 Å². The van der Waals surface area contributed by atoms with E-state index in [9.17, 15) is 9.59 Å². The van der Waals surface area contributed by atoms with Crippen molar-refractivity contribution in [2.75, 3.05) is 0 Å². The number of carboxylic acids is 1. The van der Waals surface area contributed by atoms with E-state index in [0.29, 0.717) is 10.4 Å². The van der Waals surface area contributed by atoms with E-state index >= 15 is 0 Å². The average Bonchev–Trinajstić information content (AvgIpc) is 2.84. The van der Waals surface area contributed by atoms with Gasteiger partial charge >= 0.3 is 5.97 Å². The first-order chi connectivity index (χ1) is 10.1. The van der Waals surface area contributed by atoms with Gasteiger partial charge in [0.1, 0.15) is 0 Å². The zero-order chi connectivity index (χ0) is 15.0. The molecule has 4 nitrogen and oxygen atoms in total. The molecule has 0 saturated heterocycles. The van der Waals surface area contributed by atoms with Gasteiger partial charge < -0.3 is 5.11 Å². The topological polar surface area (TPSA) is 67.3 Å². The molecule has 21 heavy (non-hydrogen) atoms. The zero-order valence-electron chi connectivity index (χ0n) is 11.2. The maximum atomic E-state index is 12.5. The number of aromatic carboxylic acids is 1. The number of aryl methyl sites for hydroxylation is 1. The third-order valence-electron chi connectivity index (χ3n) is 3.31. The SMILES string of the molecule is Cc1c(C(=O)c2cccnc2)sc2ccc(C(=O)O)cc12. The molecule has 0 atom stereocenters. The molecule has 104 valence electrons. The Kier molecular flexibility index (Phi) is 3.27. The Balaban J connectivity index is 2.14. The molecule has 5 heteroatoms. The number of carboxylic acid groups (broad SMARTS) is 1. The Morgan fingerprint density at radius 2 is 2.00 bits per heavy atom. The van der Waals surface area contributed by atoms with Crippen molar-refractivity contribution in [3.05, 3.63) is 64.3 Å². The van der Waals surface area contributed by atoms with Crippen LogP contribution >= 0.6 is 11.3 Å². The summed E-state index contributed by atoms with van der Waals surface area (Å²) in [4.78, 5) is 28.1. The van der Waals surface area contributed by atoms with E-state index < -0.39 is 5.97 Å². The van der Waals surface area contributed by atoms with Crippen LogP contribution in [0.5, 0.6) is 0 Å². The van der Waals surface area contributed by atoms with Crippen LogP contribution in [0.2, 0.25) is 0 Å². The lowest BCUT2D eigenvalue weighted by Gasteiger charge is -1.99. The predicted molar refractivity (Wildman–Crippen MR) is 81.2 cm³/mol.